The fourth-order valence-electron chi connectivity index (χ4n) is 8.07. The van der Waals surface area contributed by atoms with Crippen molar-refractivity contribution < 1.29 is 29.0 Å². The quantitative estimate of drug-likeness (QED) is 0.0676. The number of carbonyl (C=O) groups excluding carboxylic acids is 4. The maximum Gasteiger partial charge on any atom is 0.278 e. The van der Waals surface area contributed by atoms with E-state index in [2.05, 4.69) is 44.0 Å². The lowest BCUT2D eigenvalue weighted by Crippen LogP contribution is -2.52. The van der Waals surface area contributed by atoms with Crippen LogP contribution in [0.2, 0.25) is 0 Å². The molecule has 1 atom stereocenters. The normalized spacial score (nSPS) is 16.7. The van der Waals surface area contributed by atoms with E-state index in [0.29, 0.717) is 84.4 Å². The van der Waals surface area contributed by atoms with E-state index < -0.39 is 17.6 Å². The highest BCUT2D eigenvalue weighted by Gasteiger charge is 2.42. The largest absolute Gasteiger partial charge is 0.384 e. The Bertz CT molecular complexity index is 2680. The predicted molar refractivity (Wildman–Crippen MR) is 237 cm³/mol. The lowest BCUT2D eigenvalue weighted by Gasteiger charge is -2.36. The first-order valence-corrected chi connectivity index (χ1v) is 20.8. The molecule has 18 nitrogen and oxygen atoms in total. The van der Waals surface area contributed by atoms with Gasteiger partial charge in [-0.2, -0.15) is 4.98 Å². The minimum atomic E-state index is -1.19. The third-order valence-electron chi connectivity index (χ3n) is 11.3. The third-order valence-corrected chi connectivity index (χ3v) is 11.3. The average molecular weight is 856 g/mol. The number of hydrogen-bond acceptors (Lipinski definition) is 13. The summed E-state index contributed by atoms with van der Waals surface area (Å²) in [5.41, 5.74) is 3.13. The fourth-order valence-corrected chi connectivity index (χ4v) is 8.07. The second-order valence-corrected chi connectivity index (χ2v) is 16.0. The van der Waals surface area contributed by atoms with Gasteiger partial charge in [-0.3, -0.25) is 34.2 Å². The molecule has 2 saturated heterocycles. The Hall–Kier alpha value is -7.18. The number of aliphatic hydroxyl groups is 1. The van der Waals surface area contributed by atoms with Crippen molar-refractivity contribution in [1.29, 1.82) is 0 Å². The van der Waals surface area contributed by atoms with E-state index in [9.17, 15) is 29.1 Å². The van der Waals surface area contributed by atoms with Crippen LogP contribution >= 0.6 is 0 Å². The van der Waals surface area contributed by atoms with Gasteiger partial charge in [0.2, 0.25) is 23.7 Å². The zero-order valence-electron chi connectivity index (χ0n) is 35.2. The number of amides is 4. The van der Waals surface area contributed by atoms with E-state index in [-0.39, 0.29) is 61.6 Å². The molecule has 2 aromatic carbocycles. The van der Waals surface area contributed by atoms with Crippen molar-refractivity contribution in [3.63, 3.8) is 0 Å². The lowest BCUT2D eigenvalue weighted by atomic mass is 10.0. The number of allylic oxidation sites excluding steroid dienone is 1. The number of carbonyl (C=O) groups is 4. The molecule has 18 heteroatoms. The molecule has 2 fully saturated rings. The van der Waals surface area contributed by atoms with Gasteiger partial charge < -0.3 is 30.3 Å². The number of piperidine rings is 1. The SMILES string of the molecule is C=CCn1c(=O)c2cnc(Nc3ccc(N4CCN(C(=O)CCOCCNc5cccc6c5C(=O)N(C5CCC(=O)NC5=O)C6=C)CC4)cc3)nc2n1-c1cccc(C(C)(C)O)n1. The van der Waals surface area contributed by atoms with Crippen LogP contribution in [0.3, 0.4) is 0 Å². The van der Waals surface area contributed by atoms with Crippen LogP contribution in [0.1, 0.15) is 54.7 Å². The van der Waals surface area contributed by atoms with E-state index >= 15 is 0 Å². The number of piperazine rings is 1. The van der Waals surface area contributed by atoms with Gasteiger partial charge in [-0.25, -0.2) is 19.3 Å². The second kappa shape index (κ2) is 17.7. The first kappa shape index (κ1) is 42.5. The molecule has 4 N–H and O–H groups in total. The summed E-state index contributed by atoms with van der Waals surface area (Å²) >= 11 is 0. The van der Waals surface area contributed by atoms with Crippen LogP contribution in [0.4, 0.5) is 23.0 Å². The van der Waals surface area contributed by atoms with Gasteiger partial charge in [0.1, 0.15) is 17.0 Å². The Morgan fingerprint density at radius 2 is 1.76 bits per heavy atom. The summed E-state index contributed by atoms with van der Waals surface area (Å²) in [6, 6.07) is 17.7. The Morgan fingerprint density at radius 1 is 1.00 bits per heavy atom. The van der Waals surface area contributed by atoms with Crippen molar-refractivity contribution >= 4 is 63.4 Å². The maximum absolute atomic E-state index is 13.5. The second-order valence-electron chi connectivity index (χ2n) is 16.0. The Kier molecular flexibility index (Phi) is 11.9. The molecule has 3 aliphatic heterocycles. The van der Waals surface area contributed by atoms with E-state index in [1.807, 2.05) is 35.2 Å². The van der Waals surface area contributed by atoms with Gasteiger partial charge in [0, 0.05) is 73.7 Å². The molecule has 0 saturated carbocycles. The van der Waals surface area contributed by atoms with Crippen LogP contribution in [-0.2, 0) is 31.3 Å². The number of anilines is 4. The Morgan fingerprint density at radius 3 is 2.49 bits per heavy atom. The topological polar surface area (TPSA) is 209 Å². The van der Waals surface area contributed by atoms with Gasteiger partial charge in [-0.05, 0) is 62.7 Å². The first-order valence-electron chi connectivity index (χ1n) is 20.8. The Balaban J connectivity index is 0.803. The van der Waals surface area contributed by atoms with Crippen LogP contribution in [0.5, 0.6) is 0 Å². The number of nitrogens with zero attached hydrogens (tertiary/aromatic N) is 8. The average Bonchev–Trinajstić information content (AvgIpc) is 3.69. The summed E-state index contributed by atoms with van der Waals surface area (Å²) in [6.45, 7) is 14.8. The number of fused-ring (bicyclic) bond motifs is 2. The molecule has 8 rings (SSSR count). The van der Waals surface area contributed by atoms with Gasteiger partial charge >= 0.3 is 0 Å². The molecule has 326 valence electrons. The molecule has 4 amide bonds. The molecule has 3 aromatic heterocycles. The van der Waals surface area contributed by atoms with E-state index in [0.717, 1.165) is 11.4 Å². The number of benzene rings is 2. The molecule has 63 heavy (non-hydrogen) atoms. The van der Waals surface area contributed by atoms with E-state index in [4.69, 9.17) is 9.72 Å². The van der Waals surface area contributed by atoms with Gasteiger partial charge in [0.25, 0.3) is 11.5 Å². The van der Waals surface area contributed by atoms with E-state index in [1.165, 1.54) is 15.8 Å². The highest BCUT2D eigenvalue weighted by molar-refractivity contribution is 6.15. The van der Waals surface area contributed by atoms with Crippen molar-refractivity contribution in [1.82, 2.24) is 39.4 Å². The molecule has 5 aromatic rings. The van der Waals surface area contributed by atoms with Crippen molar-refractivity contribution in [2.75, 3.05) is 61.5 Å². The van der Waals surface area contributed by atoms with Crippen molar-refractivity contribution in [2.45, 2.75) is 51.3 Å². The highest BCUT2D eigenvalue weighted by Crippen LogP contribution is 2.38. The number of hydrogen-bond donors (Lipinski definition) is 4. The summed E-state index contributed by atoms with van der Waals surface area (Å²) in [5.74, 6) is -0.481. The third kappa shape index (κ3) is 8.67. The predicted octanol–water partition coefficient (Wildman–Crippen LogP) is 3.53. The summed E-state index contributed by atoms with van der Waals surface area (Å²) in [7, 11) is 0. The summed E-state index contributed by atoms with van der Waals surface area (Å²) in [6.07, 6.45) is 3.74. The van der Waals surface area contributed by atoms with Crippen LogP contribution in [0, 0.1) is 0 Å². The minimum absolute atomic E-state index is 0.0173. The van der Waals surface area contributed by atoms with E-state index in [1.54, 1.807) is 54.9 Å². The number of pyridine rings is 1. The van der Waals surface area contributed by atoms with Gasteiger partial charge in [-0.1, -0.05) is 30.9 Å². The molecular weight excluding hydrogens is 807 g/mol. The van der Waals surface area contributed by atoms with Gasteiger partial charge in [0.15, 0.2) is 11.5 Å². The van der Waals surface area contributed by atoms with Crippen LogP contribution in [-0.4, -0.2) is 115 Å². The zero-order valence-corrected chi connectivity index (χ0v) is 35.2. The number of imide groups is 1. The summed E-state index contributed by atoms with van der Waals surface area (Å²) < 4.78 is 8.88. The van der Waals surface area contributed by atoms with Crippen LogP contribution in [0.15, 0.2) is 90.9 Å². The number of nitrogens with one attached hydrogen (secondary N) is 3. The molecule has 6 heterocycles. The maximum atomic E-state index is 13.5. The molecule has 0 spiro atoms. The van der Waals surface area contributed by atoms with Crippen molar-refractivity contribution in [2.24, 2.45) is 0 Å². The zero-order chi connectivity index (χ0) is 44.4. The minimum Gasteiger partial charge on any atom is -0.384 e. The van der Waals surface area contributed by atoms with Gasteiger partial charge in [-0.15, -0.1) is 6.58 Å². The van der Waals surface area contributed by atoms with Crippen LogP contribution in [0.25, 0.3) is 22.5 Å². The molecular formula is C45H49N11O7. The fraction of sp³-hybridized carbons (Fsp3) is 0.333. The standard InChI is InChI=1S/C45H49N11O7/c1-5-20-54-42(60)32-27-47-44(51-40(32)56(54)36-11-7-10-35(49-36)45(3,4)62)48-29-12-14-30(15-13-29)52-21-23-53(24-22-52)38(58)18-25-63-26-19-46-33-9-6-8-31-28(2)55(43(61)39(31)33)34-16-17-37(57)50-41(34)59/h5-15,27,34,46,62H,1-2,16-26H2,3-4H3,(H,47,48,51)(H,50,57,59). The first-order chi connectivity index (χ1) is 30.3. The number of rotatable bonds is 15. The molecule has 0 radical (unpaired) electrons. The molecule has 3 aliphatic rings. The molecule has 1 unspecified atom stereocenters. The van der Waals surface area contributed by atoms with Crippen LogP contribution < -0.4 is 26.4 Å². The van der Waals surface area contributed by atoms with Crippen molar-refractivity contribution in [3.8, 4) is 5.82 Å². The Labute approximate surface area is 362 Å². The van der Waals surface area contributed by atoms with Gasteiger partial charge in [0.05, 0.1) is 37.4 Å². The highest BCUT2D eigenvalue weighted by atomic mass is 16.5. The summed E-state index contributed by atoms with van der Waals surface area (Å²) in [4.78, 5) is 83.3. The lowest BCUT2D eigenvalue weighted by molar-refractivity contribution is -0.136. The monoisotopic (exact) mass is 855 g/mol. The molecule has 0 aliphatic carbocycles. The number of aromatic nitrogens is 5. The van der Waals surface area contributed by atoms with Crippen molar-refractivity contribution in [3.05, 3.63) is 113 Å². The smallest absolute Gasteiger partial charge is 0.278 e. The number of ether oxygens (including phenoxy) is 1. The molecule has 0 bridgehead atoms. The summed E-state index contributed by atoms with van der Waals surface area (Å²) in [5, 5.41) is 19.7.